The van der Waals surface area contributed by atoms with Crippen molar-refractivity contribution in [1.82, 2.24) is 0 Å². The molecule has 172 valence electrons. The van der Waals surface area contributed by atoms with Crippen molar-refractivity contribution in [1.29, 1.82) is 0 Å². The standard InChI is InChI=1S/C30H29NO3/c1-20-13-21(2)15-23(14-20)18-30(33)34-27-11-9-25(10-12-27)28(19-31)29(32)17-22-7-8-24-5-3-4-6-26(24)16-22/h3-16,28H,17-19,31H2,1-2H3. The molecular formula is C30H29NO3. The zero-order valence-electron chi connectivity index (χ0n) is 19.6. The van der Waals surface area contributed by atoms with Crippen LogP contribution in [0.5, 0.6) is 5.75 Å². The smallest absolute Gasteiger partial charge is 0.315 e. The van der Waals surface area contributed by atoms with Gasteiger partial charge in [-0.1, -0.05) is 83.9 Å². The molecule has 4 nitrogen and oxygen atoms in total. The predicted octanol–water partition coefficient (Wildman–Crippen LogP) is 5.46. The highest BCUT2D eigenvalue weighted by molar-refractivity contribution is 5.90. The highest BCUT2D eigenvalue weighted by Gasteiger charge is 2.20. The number of esters is 1. The molecule has 0 aliphatic rings. The number of carbonyl (C=O) groups excluding carboxylic acids is 2. The molecule has 0 radical (unpaired) electrons. The van der Waals surface area contributed by atoms with Crippen molar-refractivity contribution in [2.24, 2.45) is 5.73 Å². The van der Waals surface area contributed by atoms with Crippen LogP contribution in [-0.2, 0) is 22.4 Å². The van der Waals surface area contributed by atoms with Crippen LogP contribution >= 0.6 is 0 Å². The number of ketones is 1. The quantitative estimate of drug-likeness (QED) is 0.285. The summed E-state index contributed by atoms with van der Waals surface area (Å²) in [5.74, 6) is -0.208. The van der Waals surface area contributed by atoms with Gasteiger partial charge >= 0.3 is 5.97 Å². The van der Waals surface area contributed by atoms with Crippen LogP contribution in [0.15, 0.2) is 84.9 Å². The van der Waals surface area contributed by atoms with Crippen LogP contribution in [0.2, 0.25) is 0 Å². The van der Waals surface area contributed by atoms with E-state index in [2.05, 4.69) is 18.2 Å². The maximum Gasteiger partial charge on any atom is 0.315 e. The van der Waals surface area contributed by atoms with Crippen LogP contribution in [0, 0.1) is 13.8 Å². The molecule has 0 aliphatic carbocycles. The zero-order chi connectivity index (χ0) is 24.1. The number of rotatable bonds is 8. The van der Waals surface area contributed by atoms with Crippen LogP contribution < -0.4 is 10.5 Å². The summed E-state index contributed by atoms with van der Waals surface area (Å²) in [6, 6.07) is 27.3. The van der Waals surface area contributed by atoms with Crippen molar-refractivity contribution in [3.8, 4) is 5.75 Å². The van der Waals surface area contributed by atoms with Gasteiger partial charge in [0.15, 0.2) is 0 Å². The topological polar surface area (TPSA) is 69.4 Å². The van der Waals surface area contributed by atoms with Crippen LogP contribution in [0.3, 0.4) is 0 Å². The van der Waals surface area contributed by atoms with E-state index < -0.39 is 5.92 Å². The van der Waals surface area contributed by atoms with E-state index in [-0.39, 0.29) is 24.7 Å². The number of aryl methyl sites for hydroxylation is 2. The van der Waals surface area contributed by atoms with Gasteiger partial charge in [0, 0.05) is 13.0 Å². The minimum absolute atomic E-state index is 0.0670. The van der Waals surface area contributed by atoms with E-state index in [4.69, 9.17) is 10.5 Å². The van der Waals surface area contributed by atoms with Crippen molar-refractivity contribution < 1.29 is 14.3 Å². The van der Waals surface area contributed by atoms with Crippen molar-refractivity contribution in [2.45, 2.75) is 32.6 Å². The largest absolute Gasteiger partial charge is 0.426 e. The molecule has 0 amide bonds. The van der Waals surface area contributed by atoms with Gasteiger partial charge in [0.25, 0.3) is 0 Å². The van der Waals surface area contributed by atoms with Gasteiger partial charge in [0.1, 0.15) is 11.5 Å². The zero-order valence-corrected chi connectivity index (χ0v) is 19.6. The summed E-state index contributed by atoms with van der Waals surface area (Å²) in [4.78, 5) is 25.4. The van der Waals surface area contributed by atoms with E-state index in [1.54, 1.807) is 12.1 Å². The molecule has 4 heteroatoms. The third kappa shape index (κ3) is 5.77. The van der Waals surface area contributed by atoms with Gasteiger partial charge in [0.05, 0.1) is 12.3 Å². The molecule has 0 aliphatic heterocycles. The van der Waals surface area contributed by atoms with E-state index in [0.29, 0.717) is 12.2 Å². The average molecular weight is 452 g/mol. The summed E-state index contributed by atoms with van der Waals surface area (Å²) in [6.07, 6.45) is 0.527. The molecule has 0 fully saturated rings. The molecule has 4 rings (SSSR count). The van der Waals surface area contributed by atoms with Crippen LogP contribution in [0.4, 0.5) is 0 Å². The highest BCUT2D eigenvalue weighted by Crippen LogP contribution is 2.23. The van der Waals surface area contributed by atoms with Gasteiger partial charge in [0.2, 0.25) is 0 Å². The van der Waals surface area contributed by atoms with Crippen molar-refractivity contribution in [3.05, 3.63) is 113 Å². The van der Waals surface area contributed by atoms with Crippen molar-refractivity contribution >= 4 is 22.5 Å². The predicted molar refractivity (Wildman–Crippen MR) is 136 cm³/mol. The van der Waals surface area contributed by atoms with Crippen molar-refractivity contribution in [2.75, 3.05) is 6.54 Å². The Bertz CT molecular complexity index is 1300. The van der Waals surface area contributed by atoms with Gasteiger partial charge in [-0.15, -0.1) is 0 Å². The van der Waals surface area contributed by atoms with E-state index in [9.17, 15) is 9.59 Å². The van der Waals surface area contributed by atoms with Gasteiger partial charge in [-0.3, -0.25) is 9.59 Å². The Kier molecular flexibility index (Phi) is 7.19. The molecule has 0 saturated carbocycles. The molecule has 1 atom stereocenters. The average Bonchev–Trinajstić information content (AvgIpc) is 2.80. The number of carbonyl (C=O) groups is 2. The first-order valence-corrected chi connectivity index (χ1v) is 11.5. The lowest BCUT2D eigenvalue weighted by Crippen LogP contribution is -2.23. The Morgan fingerprint density at radius 2 is 1.44 bits per heavy atom. The number of nitrogens with two attached hydrogens (primary N) is 1. The fourth-order valence-electron chi connectivity index (χ4n) is 4.40. The fourth-order valence-corrected chi connectivity index (χ4v) is 4.40. The minimum Gasteiger partial charge on any atom is -0.426 e. The van der Waals surface area contributed by atoms with E-state index in [1.807, 2.05) is 68.4 Å². The summed E-state index contributed by atoms with van der Waals surface area (Å²) in [6.45, 7) is 4.24. The molecule has 4 aromatic carbocycles. The number of benzene rings is 4. The molecule has 0 aromatic heterocycles. The highest BCUT2D eigenvalue weighted by atomic mass is 16.5. The van der Waals surface area contributed by atoms with Crippen LogP contribution in [-0.4, -0.2) is 18.3 Å². The van der Waals surface area contributed by atoms with Gasteiger partial charge < -0.3 is 10.5 Å². The Hall–Kier alpha value is -3.76. The Morgan fingerprint density at radius 3 is 2.12 bits per heavy atom. The van der Waals surface area contributed by atoms with E-state index >= 15 is 0 Å². The number of fused-ring (bicyclic) bond motifs is 1. The maximum atomic E-state index is 13.0. The molecule has 0 saturated heterocycles. The lowest BCUT2D eigenvalue weighted by molar-refractivity contribution is -0.133. The SMILES string of the molecule is Cc1cc(C)cc(CC(=O)Oc2ccc(C(CN)C(=O)Cc3ccc4ccccc4c3)cc2)c1. The number of Topliss-reactive ketones (excluding diaryl/α,β-unsaturated/α-hetero) is 1. The van der Waals surface area contributed by atoms with Crippen LogP contribution in [0.1, 0.15) is 33.7 Å². The third-order valence-corrected chi connectivity index (χ3v) is 5.96. The Labute approximate surface area is 200 Å². The second-order valence-electron chi connectivity index (χ2n) is 8.83. The number of hydrogen-bond acceptors (Lipinski definition) is 4. The van der Waals surface area contributed by atoms with Gasteiger partial charge in [-0.25, -0.2) is 0 Å². The molecule has 0 heterocycles. The Morgan fingerprint density at radius 1 is 0.765 bits per heavy atom. The third-order valence-electron chi connectivity index (χ3n) is 5.96. The lowest BCUT2D eigenvalue weighted by Gasteiger charge is -2.15. The summed E-state index contributed by atoms with van der Waals surface area (Å²) < 4.78 is 5.51. The lowest BCUT2D eigenvalue weighted by atomic mass is 9.90. The first-order valence-electron chi connectivity index (χ1n) is 11.5. The fraction of sp³-hybridized carbons (Fsp3) is 0.200. The number of ether oxygens (including phenoxy) is 1. The summed E-state index contributed by atoms with van der Waals surface area (Å²) in [7, 11) is 0. The van der Waals surface area contributed by atoms with E-state index in [1.165, 1.54) is 0 Å². The summed E-state index contributed by atoms with van der Waals surface area (Å²) >= 11 is 0. The normalized spacial score (nSPS) is 11.9. The van der Waals surface area contributed by atoms with Crippen molar-refractivity contribution in [3.63, 3.8) is 0 Å². The number of hydrogen-bond donors (Lipinski definition) is 1. The van der Waals surface area contributed by atoms with E-state index in [0.717, 1.165) is 38.6 Å². The molecule has 0 spiro atoms. The second kappa shape index (κ2) is 10.4. The first-order chi connectivity index (χ1) is 16.4. The molecule has 0 bridgehead atoms. The first kappa shape index (κ1) is 23.4. The summed E-state index contributed by atoms with van der Waals surface area (Å²) in [5.41, 5.74) is 10.9. The van der Waals surface area contributed by atoms with Gasteiger partial charge in [-0.05, 0) is 53.4 Å². The monoisotopic (exact) mass is 451 g/mol. The molecule has 2 N–H and O–H groups in total. The summed E-state index contributed by atoms with van der Waals surface area (Å²) in [5, 5.41) is 2.26. The minimum atomic E-state index is -0.411. The second-order valence-corrected chi connectivity index (χ2v) is 8.83. The maximum absolute atomic E-state index is 13.0. The molecular weight excluding hydrogens is 422 g/mol. The molecule has 1 unspecified atom stereocenters. The molecule has 4 aromatic rings. The Balaban J connectivity index is 1.40. The molecule has 34 heavy (non-hydrogen) atoms. The van der Waals surface area contributed by atoms with Gasteiger partial charge in [-0.2, -0.15) is 0 Å². The van der Waals surface area contributed by atoms with Crippen LogP contribution in [0.25, 0.3) is 10.8 Å².